The van der Waals surface area contributed by atoms with Crippen molar-refractivity contribution >= 4 is 6.15 Å². The van der Waals surface area contributed by atoms with Gasteiger partial charge in [0.25, 0.3) is 0 Å². The largest absolute Gasteiger partial charge is 0.373 e. The molecule has 13 heavy (non-hydrogen) atoms. The quantitative estimate of drug-likeness (QED) is 0.655. The lowest BCUT2D eigenvalue weighted by molar-refractivity contribution is -0.191. The third-order valence-electron chi connectivity index (χ3n) is 2.73. The number of carbonyl (C=O) groups excluding carboxylic acids is 2. The highest BCUT2D eigenvalue weighted by atomic mass is 16.2. The molecule has 0 saturated carbocycles. The molecule has 0 radical (unpaired) electrons. The summed E-state index contributed by atoms with van der Waals surface area (Å²) < 4.78 is 0. The monoisotopic (exact) mass is 185 g/mol. The molecule has 0 amide bonds. The number of likely N-dealkylation sites (tertiary alicyclic amines) is 1. The number of rotatable bonds is 2. The van der Waals surface area contributed by atoms with Crippen molar-refractivity contribution in [1.82, 2.24) is 4.90 Å². The smallest absolute Gasteiger partial charge is 0.304 e. The van der Waals surface area contributed by atoms with Gasteiger partial charge in [0.05, 0.1) is 0 Å². The molecule has 0 N–H and O–H groups in total. The van der Waals surface area contributed by atoms with Crippen LogP contribution in [0.15, 0.2) is 0 Å². The molecule has 0 bridgehead atoms. The Kier molecular flexibility index (Phi) is 7.56. The fourth-order valence-corrected chi connectivity index (χ4v) is 1.71. The molecule has 0 aromatic rings. The van der Waals surface area contributed by atoms with Crippen LogP contribution >= 0.6 is 0 Å². The van der Waals surface area contributed by atoms with Crippen LogP contribution in [0.25, 0.3) is 0 Å². The Hall–Kier alpha value is -0.660. The van der Waals surface area contributed by atoms with Crippen LogP contribution in [0.5, 0.6) is 0 Å². The zero-order chi connectivity index (χ0) is 10.1. The van der Waals surface area contributed by atoms with Gasteiger partial charge in [-0.25, -0.2) is 0 Å². The number of hydrogen-bond acceptors (Lipinski definition) is 3. The van der Waals surface area contributed by atoms with Crippen LogP contribution < -0.4 is 0 Å². The standard InChI is InChI=1S/C9H19N.CO2/c1-3-9-5-7-10(4-2)8-6-9;2-1-3/h9H,3-8H2,1-2H3;. The normalized spacial score (nSPS) is 18.6. The van der Waals surface area contributed by atoms with E-state index in [1.54, 1.807) is 0 Å². The summed E-state index contributed by atoms with van der Waals surface area (Å²) >= 11 is 0. The van der Waals surface area contributed by atoms with Crippen molar-refractivity contribution in [2.24, 2.45) is 5.92 Å². The highest BCUT2D eigenvalue weighted by Gasteiger charge is 2.15. The van der Waals surface area contributed by atoms with Gasteiger partial charge in [-0.2, -0.15) is 9.59 Å². The van der Waals surface area contributed by atoms with E-state index >= 15 is 0 Å². The van der Waals surface area contributed by atoms with Crippen LogP contribution in [0, 0.1) is 5.92 Å². The number of hydrogen-bond donors (Lipinski definition) is 0. The van der Waals surface area contributed by atoms with Gasteiger partial charge in [0.1, 0.15) is 0 Å². The van der Waals surface area contributed by atoms with Gasteiger partial charge in [-0.05, 0) is 38.4 Å². The zero-order valence-electron chi connectivity index (χ0n) is 8.58. The van der Waals surface area contributed by atoms with E-state index in [0.717, 1.165) is 5.92 Å². The van der Waals surface area contributed by atoms with Gasteiger partial charge in [0, 0.05) is 0 Å². The minimum Gasteiger partial charge on any atom is -0.304 e. The van der Waals surface area contributed by atoms with E-state index in [1.807, 2.05) is 0 Å². The molecule has 1 heterocycles. The molecule has 0 aromatic heterocycles. The minimum atomic E-state index is 0.250. The molecule has 1 rings (SSSR count). The summed E-state index contributed by atoms with van der Waals surface area (Å²) in [6.45, 7) is 8.50. The maximum Gasteiger partial charge on any atom is 0.373 e. The second-order valence-electron chi connectivity index (χ2n) is 3.37. The van der Waals surface area contributed by atoms with Crippen molar-refractivity contribution in [3.63, 3.8) is 0 Å². The summed E-state index contributed by atoms with van der Waals surface area (Å²) in [6, 6.07) is 0. The van der Waals surface area contributed by atoms with Gasteiger partial charge >= 0.3 is 6.15 Å². The van der Waals surface area contributed by atoms with Gasteiger partial charge in [-0.15, -0.1) is 0 Å². The minimum absolute atomic E-state index is 0.250. The van der Waals surface area contributed by atoms with E-state index in [9.17, 15) is 0 Å². The average Bonchev–Trinajstić information content (AvgIpc) is 2.19. The molecular weight excluding hydrogens is 166 g/mol. The van der Waals surface area contributed by atoms with Crippen molar-refractivity contribution in [2.45, 2.75) is 33.1 Å². The van der Waals surface area contributed by atoms with Gasteiger partial charge in [0.2, 0.25) is 0 Å². The molecular formula is C10H19NO2. The summed E-state index contributed by atoms with van der Waals surface area (Å²) in [6.07, 6.45) is 4.51. The van der Waals surface area contributed by atoms with Crippen LogP contribution in [0.1, 0.15) is 33.1 Å². The Morgan fingerprint density at radius 3 is 2.00 bits per heavy atom. The zero-order valence-corrected chi connectivity index (χ0v) is 8.58. The Morgan fingerprint density at radius 2 is 1.69 bits per heavy atom. The molecule has 0 aromatic carbocycles. The predicted octanol–water partition coefficient (Wildman–Crippen LogP) is 1.54. The van der Waals surface area contributed by atoms with E-state index in [4.69, 9.17) is 9.59 Å². The lowest BCUT2D eigenvalue weighted by Crippen LogP contribution is -2.33. The van der Waals surface area contributed by atoms with Crippen molar-refractivity contribution in [3.8, 4) is 0 Å². The molecule has 0 aliphatic carbocycles. The van der Waals surface area contributed by atoms with Crippen molar-refractivity contribution < 1.29 is 9.59 Å². The molecule has 1 fully saturated rings. The maximum atomic E-state index is 8.12. The van der Waals surface area contributed by atoms with Crippen molar-refractivity contribution in [1.29, 1.82) is 0 Å². The Balaban J connectivity index is 0.000000424. The van der Waals surface area contributed by atoms with E-state index in [0.29, 0.717) is 0 Å². The van der Waals surface area contributed by atoms with Crippen molar-refractivity contribution in [3.05, 3.63) is 0 Å². The fraction of sp³-hybridized carbons (Fsp3) is 0.900. The second-order valence-corrected chi connectivity index (χ2v) is 3.37. The average molecular weight is 185 g/mol. The Labute approximate surface area is 80.1 Å². The summed E-state index contributed by atoms with van der Waals surface area (Å²) in [4.78, 5) is 18.8. The molecule has 0 spiro atoms. The lowest BCUT2D eigenvalue weighted by atomic mass is 9.95. The third-order valence-corrected chi connectivity index (χ3v) is 2.73. The SMILES string of the molecule is CCC1CCN(CC)CC1.O=C=O. The van der Waals surface area contributed by atoms with Crippen LogP contribution in [0.3, 0.4) is 0 Å². The molecule has 1 aliphatic rings. The molecule has 3 heteroatoms. The second kappa shape index (κ2) is 7.96. The van der Waals surface area contributed by atoms with E-state index in [1.165, 1.54) is 38.9 Å². The first-order chi connectivity index (χ1) is 6.28. The fourth-order valence-electron chi connectivity index (χ4n) is 1.71. The summed E-state index contributed by atoms with van der Waals surface area (Å²) in [5, 5.41) is 0. The molecule has 1 saturated heterocycles. The van der Waals surface area contributed by atoms with Crippen LogP contribution in [0.4, 0.5) is 0 Å². The highest BCUT2D eigenvalue weighted by molar-refractivity contribution is 5.20. The van der Waals surface area contributed by atoms with Crippen LogP contribution in [-0.2, 0) is 9.59 Å². The maximum absolute atomic E-state index is 8.12. The van der Waals surface area contributed by atoms with Gasteiger partial charge in [0.15, 0.2) is 0 Å². The van der Waals surface area contributed by atoms with E-state index in [2.05, 4.69) is 18.7 Å². The molecule has 76 valence electrons. The summed E-state index contributed by atoms with van der Waals surface area (Å²) in [5.41, 5.74) is 0. The van der Waals surface area contributed by atoms with E-state index < -0.39 is 0 Å². The highest BCUT2D eigenvalue weighted by Crippen LogP contribution is 2.19. The summed E-state index contributed by atoms with van der Waals surface area (Å²) in [5.74, 6) is 1.03. The molecule has 0 unspecified atom stereocenters. The molecule has 0 atom stereocenters. The molecule has 3 nitrogen and oxygen atoms in total. The van der Waals surface area contributed by atoms with Crippen LogP contribution in [-0.4, -0.2) is 30.7 Å². The van der Waals surface area contributed by atoms with Crippen molar-refractivity contribution in [2.75, 3.05) is 19.6 Å². The van der Waals surface area contributed by atoms with Crippen LogP contribution in [0.2, 0.25) is 0 Å². The van der Waals surface area contributed by atoms with Gasteiger partial charge in [-0.1, -0.05) is 20.3 Å². The number of nitrogens with zero attached hydrogens (tertiary/aromatic N) is 1. The Bertz CT molecular complexity index is 133. The first kappa shape index (κ1) is 12.3. The van der Waals surface area contributed by atoms with Gasteiger partial charge in [-0.3, -0.25) is 0 Å². The lowest BCUT2D eigenvalue weighted by Gasteiger charge is -2.30. The first-order valence-corrected chi connectivity index (χ1v) is 5.00. The summed E-state index contributed by atoms with van der Waals surface area (Å²) in [7, 11) is 0. The third kappa shape index (κ3) is 5.56. The first-order valence-electron chi connectivity index (χ1n) is 5.00. The number of piperidine rings is 1. The van der Waals surface area contributed by atoms with E-state index in [-0.39, 0.29) is 6.15 Å². The topological polar surface area (TPSA) is 37.4 Å². The molecule has 1 aliphatic heterocycles. The Morgan fingerprint density at radius 1 is 1.23 bits per heavy atom. The van der Waals surface area contributed by atoms with Gasteiger partial charge < -0.3 is 4.90 Å². The predicted molar refractivity (Wildman–Crippen MR) is 50.1 cm³/mol.